The third-order valence-electron chi connectivity index (χ3n) is 2.11. The Balaban J connectivity index is 0.000000280. The average Bonchev–Trinajstić information content (AvgIpc) is 2.28. The lowest BCUT2D eigenvalue weighted by atomic mass is 10.1. The number of fused-ring (bicyclic) bond motifs is 1. The summed E-state index contributed by atoms with van der Waals surface area (Å²) in [4.78, 5) is 20.2. The number of aryl methyl sites for hydroxylation is 1. The Kier molecular flexibility index (Phi) is 4.26. The van der Waals surface area contributed by atoms with Crippen molar-refractivity contribution in [3.8, 4) is 5.75 Å². The van der Waals surface area contributed by atoms with E-state index in [1.54, 1.807) is 12.1 Å². The smallest absolute Gasteiger partial charge is 0.336 e. The van der Waals surface area contributed by atoms with Crippen molar-refractivity contribution in [2.75, 3.05) is 0 Å². The van der Waals surface area contributed by atoms with E-state index < -0.39 is 11.6 Å². The van der Waals surface area contributed by atoms with E-state index >= 15 is 0 Å². The summed E-state index contributed by atoms with van der Waals surface area (Å²) < 4.78 is 4.91. The van der Waals surface area contributed by atoms with Crippen molar-refractivity contribution in [1.82, 2.24) is 0 Å². The molecule has 0 bridgehead atoms. The average molecular weight is 248 g/mol. The maximum Gasteiger partial charge on any atom is 0.336 e. The molecule has 2 rings (SSSR count). The van der Waals surface area contributed by atoms with E-state index in [9.17, 15) is 9.59 Å². The summed E-state index contributed by atoms with van der Waals surface area (Å²) in [5.41, 5.74) is 0.881. The van der Waals surface area contributed by atoms with Crippen LogP contribution in [0, 0.1) is 6.92 Å². The number of carbonyl (C=O) groups is 1. The van der Waals surface area contributed by atoms with E-state index in [1.807, 2.05) is 6.92 Å². The lowest BCUT2D eigenvalue weighted by molar-refractivity contribution is -0.131. The predicted octanol–water partition coefficient (Wildman–Crippen LogP) is 2.06. The molecule has 0 aliphatic rings. The van der Waals surface area contributed by atoms with Gasteiger partial charge in [0.05, 0.1) is 0 Å². The molecular weight excluding hydrogens is 236 g/mol. The summed E-state index contributed by atoms with van der Waals surface area (Å²) in [5.74, 6) is -0.883. The van der Waals surface area contributed by atoms with Crippen LogP contribution < -0.4 is 5.63 Å². The van der Waals surface area contributed by atoms with E-state index in [-0.39, 0.29) is 5.75 Å². The van der Waals surface area contributed by atoms with Crippen LogP contribution in [0.5, 0.6) is 5.75 Å². The normalized spacial score (nSPS) is 9.39. The summed E-state index contributed by atoms with van der Waals surface area (Å²) in [6, 6.07) is 6.15. The zero-order valence-corrected chi connectivity index (χ0v) is 9.71. The van der Waals surface area contributed by atoms with E-state index in [0.29, 0.717) is 5.58 Å². The summed E-state index contributed by atoms with van der Waals surface area (Å²) in [7, 11) is 0. The third-order valence-corrected chi connectivity index (χ3v) is 2.11. The molecule has 0 aliphatic heterocycles. The monoisotopic (exact) mass is 248 g/mol. The van der Waals surface area contributed by atoms with Crippen LogP contribution in [-0.2, 0) is 4.79 Å². The molecule has 1 aromatic heterocycles. The van der Waals surface area contributed by atoms with Crippen LogP contribution in [0.2, 0.25) is 0 Å². The number of phenols is 1. The second-order valence-corrected chi connectivity index (χ2v) is 3.47. The quantitative estimate of drug-likeness (QED) is 0.595. The Morgan fingerprint density at radius 1 is 1.39 bits per heavy atom. The minimum atomic E-state index is -0.981. The molecule has 0 saturated heterocycles. The maximum atomic E-state index is 11.0. The van der Waals surface area contributed by atoms with Gasteiger partial charge in [-0.3, -0.25) is 0 Å². The minimum Gasteiger partial charge on any atom is -0.508 e. The molecule has 0 aliphatic carbocycles. The van der Waals surface area contributed by atoms with Crippen LogP contribution in [-0.4, -0.2) is 16.2 Å². The molecule has 0 unspecified atom stereocenters. The van der Waals surface area contributed by atoms with E-state index in [4.69, 9.17) is 14.6 Å². The standard InChI is InChI=1S/C10H8O3.C3H4O2/c1-6-4-10(12)13-9-5-7(11)2-3-8(6)9;1-2-3(4)5/h2-5,11H,1H3;2H,1H2,(H,4,5). The van der Waals surface area contributed by atoms with Crippen molar-refractivity contribution in [2.45, 2.75) is 6.92 Å². The van der Waals surface area contributed by atoms with Gasteiger partial charge in [0.2, 0.25) is 0 Å². The molecular formula is C13H12O5. The van der Waals surface area contributed by atoms with Crippen LogP contribution in [0.25, 0.3) is 11.0 Å². The fourth-order valence-corrected chi connectivity index (χ4v) is 1.31. The van der Waals surface area contributed by atoms with E-state index in [2.05, 4.69) is 6.58 Å². The van der Waals surface area contributed by atoms with Crippen molar-refractivity contribution in [1.29, 1.82) is 0 Å². The second-order valence-electron chi connectivity index (χ2n) is 3.47. The molecule has 0 atom stereocenters. The lowest BCUT2D eigenvalue weighted by Gasteiger charge is -1.99. The Morgan fingerprint density at radius 2 is 2.00 bits per heavy atom. The summed E-state index contributed by atoms with van der Waals surface area (Å²) >= 11 is 0. The van der Waals surface area contributed by atoms with Crippen LogP contribution in [0.3, 0.4) is 0 Å². The summed E-state index contributed by atoms with van der Waals surface area (Å²) in [6.45, 7) is 4.79. The topological polar surface area (TPSA) is 87.7 Å². The molecule has 0 radical (unpaired) electrons. The molecule has 5 heteroatoms. The first-order valence-corrected chi connectivity index (χ1v) is 5.03. The maximum absolute atomic E-state index is 11.0. The molecule has 0 amide bonds. The zero-order valence-electron chi connectivity index (χ0n) is 9.71. The molecule has 0 spiro atoms. The summed E-state index contributed by atoms with van der Waals surface area (Å²) in [5, 5.41) is 17.6. The number of aliphatic carboxylic acids is 1. The van der Waals surface area contributed by atoms with Gasteiger partial charge in [-0.25, -0.2) is 9.59 Å². The summed E-state index contributed by atoms with van der Waals surface area (Å²) in [6.07, 6.45) is 0.833. The molecule has 94 valence electrons. The highest BCUT2D eigenvalue weighted by Gasteiger charge is 2.01. The molecule has 18 heavy (non-hydrogen) atoms. The first kappa shape index (κ1) is 13.5. The number of rotatable bonds is 1. The fraction of sp³-hybridized carbons (Fsp3) is 0.0769. The highest BCUT2D eigenvalue weighted by molar-refractivity contribution is 5.81. The van der Waals surface area contributed by atoms with Gasteiger partial charge in [0.25, 0.3) is 0 Å². The van der Waals surface area contributed by atoms with Crippen LogP contribution in [0.4, 0.5) is 0 Å². The molecule has 5 nitrogen and oxygen atoms in total. The highest BCUT2D eigenvalue weighted by Crippen LogP contribution is 2.20. The first-order valence-electron chi connectivity index (χ1n) is 5.03. The van der Waals surface area contributed by atoms with E-state index in [0.717, 1.165) is 17.0 Å². The molecule has 0 saturated carbocycles. The molecule has 2 N–H and O–H groups in total. The Labute approximate surface area is 103 Å². The van der Waals surface area contributed by atoms with Gasteiger partial charge in [0.15, 0.2) is 0 Å². The zero-order chi connectivity index (χ0) is 13.7. The van der Waals surface area contributed by atoms with Gasteiger partial charge < -0.3 is 14.6 Å². The third kappa shape index (κ3) is 3.48. The number of hydrogen-bond donors (Lipinski definition) is 2. The van der Waals surface area contributed by atoms with Gasteiger partial charge in [-0.15, -0.1) is 0 Å². The lowest BCUT2D eigenvalue weighted by Crippen LogP contribution is -1.97. The van der Waals surface area contributed by atoms with Gasteiger partial charge in [0, 0.05) is 23.6 Å². The van der Waals surface area contributed by atoms with Gasteiger partial charge in [0.1, 0.15) is 11.3 Å². The van der Waals surface area contributed by atoms with Crippen molar-refractivity contribution >= 4 is 16.9 Å². The molecule has 2 aromatic rings. The number of carboxylic acid groups (broad SMARTS) is 1. The fourth-order valence-electron chi connectivity index (χ4n) is 1.31. The predicted molar refractivity (Wildman–Crippen MR) is 66.7 cm³/mol. The van der Waals surface area contributed by atoms with Crippen molar-refractivity contribution in [3.63, 3.8) is 0 Å². The first-order chi connectivity index (χ1) is 8.43. The number of benzene rings is 1. The number of hydrogen-bond acceptors (Lipinski definition) is 4. The minimum absolute atomic E-state index is 0.0984. The van der Waals surface area contributed by atoms with Gasteiger partial charge in [-0.1, -0.05) is 6.58 Å². The SMILES string of the molecule is C=CC(=O)O.Cc1cc(=O)oc2cc(O)ccc12. The van der Waals surface area contributed by atoms with Crippen molar-refractivity contribution < 1.29 is 19.4 Å². The Hall–Kier alpha value is -2.56. The van der Waals surface area contributed by atoms with Crippen LogP contribution >= 0.6 is 0 Å². The Bertz CT molecular complexity index is 639. The van der Waals surface area contributed by atoms with Gasteiger partial charge in [-0.2, -0.15) is 0 Å². The largest absolute Gasteiger partial charge is 0.508 e. The molecule has 1 aromatic carbocycles. The Morgan fingerprint density at radius 3 is 2.56 bits per heavy atom. The number of carboxylic acids is 1. The number of phenolic OH excluding ortho intramolecular Hbond substituents is 1. The van der Waals surface area contributed by atoms with Gasteiger partial charge >= 0.3 is 11.6 Å². The van der Waals surface area contributed by atoms with Gasteiger partial charge in [-0.05, 0) is 24.6 Å². The molecule has 1 heterocycles. The highest BCUT2D eigenvalue weighted by atomic mass is 16.4. The van der Waals surface area contributed by atoms with Crippen LogP contribution in [0.15, 0.2) is 46.1 Å². The van der Waals surface area contributed by atoms with Crippen molar-refractivity contribution in [2.24, 2.45) is 0 Å². The number of aromatic hydroxyl groups is 1. The molecule has 0 fully saturated rings. The van der Waals surface area contributed by atoms with E-state index in [1.165, 1.54) is 12.1 Å². The second kappa shape index (κ2) is 5.67. The van der Waals surface area contributed by atoms with Crippen molar-refractivity contribution in [3.05, 3.63) is 52.9 Å². The van der Waals surface area contributed by atoms with Crippen LogP contribution in [0.1, 0.15) is 5.56 Å².